The average molecular weight is 494 g/mol. The molecule has 0 spiro atoms. The summed E-state index contributed by atoms with van der Waals surface area (Å²) in [4.78, 5) is 55.0. The van der Waals surface area contributed by atoms with Crippen LogP contribution in [0.1, 0.15) is 18.9 Å². The number of H-pyrrole nitrogens is 1. The van der Waals surface area contributed by atoms with E-state index in [9.17, 15) is 27.6 Å². The van der Waals surface area contributed by atoms with Gasteiger partial charge in [-0.3, -0.25) is 19.0 Å². The number of Topliss-reactive ketones (excluding diaryl/α,β-unsaturated/α-hetero) is 2. The number of hydrogen-bond acceptors (Lipinski definition) is 8. The van der Waals surface area contributed by atoms with Crippen molar-refractivity contribution in [3.8, 4) is 0 Å². The van der Waals surface area contributed by atoms with Crippen LogP contribution in [-0.2, 0) is 31.9 Å². The van der Waals surface area contributed by atoms with Crippen LogP contribution in [0.15, 0.2) is 57.2 Å². The fourth-order valence-corrected chi connectivity index (χ4v) is 4.50. The number of nitrogens with one attached hydrogen (secondary N) is 2. The van der Waals surface area contributed by atoms with E-state index in [4.69, 9.17) is 17.2 Å². The number of ketones is 2. The molecule has 0 amide bonds. The van der Waals surface area contributed by atoms with E-state index in [-0.39, 0.29) is 0 Å². The zero-order valence-corrected chi connectivity index (χ0v) is 19.2. The molecule has 0 bridgehead atoms. The van der Waals surface area contributed by atoms with E-state index < -0.39 is 75.6 Å². The Morgan fingerprint density at radius 3 is 2.35 bits per heavy atom. The summed E-state index contributed by atoms with van der Waals surface area (Å²) in [6.45, 7) is 0.466. The number of sulfonamides is 1. The number of nitrogens with two attached hydrogens (primary N) is 3. The Hall–Kier alpha value is -3.62. The second-order valence-corrected chi connectivity index (χ2v) is 9.34. The van der Waals surface area contributed by atoms with Crippen LogP contribution in [0.3, 0.4) is 0 Å². The third-order valence-electron chi connectivity index (χ3n) is 4.87. The van der Waals surface area contributed by atoms with Gasteiger partial charge in [-0.1, -0.05) is 30.3 Å². The van der Waals surface area contributed by atoms with E-state index in [1.54, 1.807) is 30.3 Å². The predicted octanol–water partition coefficient (Wildman–Crippen LogP) is -2.25. The van der Waals surface area contributed by atoms with Gasteiger partial charge in [0.15, 0.2) is 11.7 Å². The van der Waals surface area contributed by atoms with Crippen LogP contribution in [0.25, 0.3) is 0 Å². The molecule has 1 heterocycles. The van der Waals surface area contributed by atoms with Crippen molar-refractivity contribution >= 4 is 27.5 Å². The van der Waals surface area contributed by atoms with Gasteiger partial charge in [-0.2, -0.15) is 4.72 Å². The lowest BCUT2D eigenvalue weighted by Gasteiger charge is -2.25. The standard InChI is InChI=1S/C20H27N7O6S/c1-12(28)18(21)14(15(29)10-27-17(30)7-8-24-20(27)31)9-16(25-19(22)23)26-34(32,33)11-13-5-3-2-4-6-13/h2-8,14,16,18,26H,9-11,21H2,1H3,(H,24,31)(H4,22,23,25)/t14?,16?,18-/m1/s1. The fraction of sp³-hybridized carbons (Fsp3) is 0.350. The van der Waals surface area contributed by atoms with Gasteiger partial charge in [0, 0.05) is 18.2 Å². The Kier molecular flexibility index (Phi) is 9.00. The first-order valence-electron chi connectivity index (χ1n) is 10.1. The highest BCUT2D eigenvalue weighted by atomic mass is 32.2. The molecule has 3 atom stereocenters. The van der Waals surface area contributed by atoms with E-state index in [1.807, 2.05) is 0 Å². The largest absolute Gasteiger partial charge is 0.370 e. The van der Waals surface area contributed by atoms with Gasteiger partial charge >= 0.3 is 5.69 Å². The quantitative estimate of drug-likeness (QED) is 0.159. The number of carbonyl (C=O) groups excluding carboxylic acids is 2. The van der Waals surface area contributed by atoms with Crippen molar-refractivity contribution in [3.63, 3.8) is 0 Å². The molecule has 0 saturated heterocycles. The van der Waals surface area contributed by atoms with Crippen LogP contribution < -0.4 is 33.2 Å². The molecule has 184 valence electrons. The first-order valence-corrected chi connectivity index (χ1v) is 11.7. The summed E-state index contributed by atoms with van der Waals surface area (Å²) in [6, 6.07) is 7.99. The number of rotatable bonds is 12. The molecule has 2 unspecified atom stereocenters. The molecular weight excluding hydrogens is 466 g/mol. The second kappa shape index (κ2) is 11.5. The van der Waals surface area contributed by atoms with Crippen LogP contribution in [-0.4, -0.2) is 47.7 Å². The summed E-state index contributed by atoms with van der Waals surface area (Å²) < 4.78 is 28.3. The predicted molar refractivity (Wildman–Crippen MR) is 125 cm³/mol. The minimum atomic E-state index is -3.98. The first-order chi connectivity index (χ1) is 15.9. The molecule has 0 radical (unpaired) electrons. The van der Waals surface area contributed by atoms with Crippen LogP contribution in [0.5, 0.6) is 0 Å². The Labute approximate surface area is 195 Å². The van der Waals surface area contributed by atoms with Crippen LogP contribution >= 0.6 is 0 Å². The van der Waals surface area contributed by atoms with Crippen molar-refractivity contribution in [2.45, 2.75) is 37.8 Å². The lowest BCUT2D eigenvalue weighted by Crippen LogP contribution is -2.48. The molecule has 34 heavy (non-hydrogen) atoms. The topological polar surface area (TPSA) is 226 Å². The van der Waals surface area contributed by atoms with Crippen molar-refractivity contribution in [3.05, 3.63) is 69.0 Å². The van der Waals surface area contributed by atoms with Crippen LogP contribution in [0.2, 0.25) is 0 Å². The maximum absolute atomic E-state index is 13.0. The SMILES string of the molecule is CC(=O)[C@@H](N)C(CC(N=C(N)N)NS(=O)(=O)Cc1ccccc1)C(=O)Cn1c(=O)cc[nH]c1=O. The van der Waals surface area contributed by atoms with E-state index in [0.717, 1.165) is 19.2 Å². The van der Waals surface area contributed by atoms with Gasteiger partial charge in [0.25, 0.3) is 5.56 Å². The monoisotopic (exact) mass is 493 g/mol. The third-order valence-corrected chi connectivity index (χ3v) is 6.22. The molecule has 2 rings (SSSR count). The van der Waals surface area contributed by atoms with E-state index in [0.29, 0.717) is 10.1 Å². The van der Waals surface area contributed by atoms with Crippen molar-refractivity contribution in [2.75, 3.05) is 0 Å². The van der Waals surface area contributed by atoms with E-state index in [1.165, 1.54) is 0 Å². The van der Waals surface area contributed by atoms with Crippen molar-refractivity contribution < 1.29 is 18.0 Å². The number of nitrogens with zero attached hydrogens (tertiary/aromatic N) is 2. The van der Waals surface area contributed by atoms with Gasteiger partial charge in [0.05, 0.1) is 18.3 Å². The minimum absolute atomic E-state index is 0.392. The highest BCUT2D eigenvalue weighted by Crippen LogP contribution is 2.16. The maximum Gasteiger partial charge on any atom is 0.328 e. The molecular formula is C20H27N7O6S. The van der Waals surface area contributed by atoms with Gasteiger partial charge in [0.1, 0.15) is 11.9 Å². The van der Waals surface area contributed by atoms with Crippen molar-refractivity contribution in [1.82, 2.24) is 14.3 Å². The first kappa shape index (κ1) is 26.6. The minimum Gasteiger partial charge on any atom is -0.370 e. The number of benzene rings is 1. The zero-order valence-electron chi connectivity index (χ0n) is 18.4. The highest BCUT2D eigenvalue weighted by Gasteiger charge is 2.33. The van der Waals surface area contributed by atoms with Gasteiger partial charge in [-0.15, -0.1) is 0 Å². The fourth-order valence-electron chi connectivity index (χ4n) is 3.23. The molecule has 8 N–H and O–H groups in total. The normalized spacial score (nSPS) is 14.1. The Morgan fingerprint density at radius 1 is 1.15 bits per heavy atom. The Bertz CT molecular complexity index is 1240. The smallest absolute Gasteiger partial charge is 0.328 e. The summed E-state index contributed by atoms with van der Waals surface area (Å²) >= 11 is 0. The number of carbonyl (C=O) groups is 2. The highest BCUT2D eigenvalue weighted by molar-refractivity contribution is 7.88. The van der Waals surface area contributed by atoms with E-state index in [2.05, 4.69) is 14.7 Å². The molecule has 1 aromatic heterocycles. The molecule has 0 aliphatic heterocycles. The van der Waals surface area contributed by atoms with Gasteiger partial charge in [-0.05, 0) is 18.9 Å². The van der Waals surface area contributed by atoms with Crippen molar-refractivity contribution in [2.24, 2.45) is 28.1 Å². The van der Waals surface area contributed by atoms with Gasteiger partial charge in [0.2, 0.25) is 10.0 Å². The molecule has 1 aromatic carbocycles. The molecule has 0 fully saturated rings. The zero-order chi connectivity index (χ0) is 25.5. The Morgan fingerprint density at radius 2 is 1.79 bits per heavy atom. The van der Waals surface area contributed by atoms with Crippen LogP contribution in [0, 0.1) is 5.92 Å². The number of aliphatic imine (C=N–C) groups is 1. The molecule has 0 aliphatic rings. The molecule has 14 heteroatoms. The summed E-state index contributed by atoms with van der Waals surface area (Å²) in [7, 11) is -3.98. The Balaban J connectivity index is 2.33. The van der Waals surface area contributed by atoms with Gasteiger partial charge in [-0.25, -0.2) is 18.2 Å². The second-order valence-electron chi connectivity index (χ2n) is 7.58. The average Bonchev–Trinajstić information content (AvgIpc) is 2.73. The third kappa shape index (κ3) is 7.75. The number of aromatic nitrogens is 2. The molecule has 13 nitrogen and oxygen atoms in total. The van der Waals surface area contributed by atoms with Crippen molar-refractivity contribution in [1.29, 1.82) is 0 Å². The summed E-state index contributed by atoms with van der Waals surface area (Å²) in [5.74, 6) is -3.48. The number of hydrogen-bond donors (Lipinski definition) is 5. The molecule has 0 aliphatic carbocycles. The number of aromatic amines is 1. The number of guanidine groups is 1. The van der Waals surface area contributed by atoms with E-state index >= 15 is 0 Å². The maximum atomic E-state index is 13.0. The molecule has 0 saturated carbocycles. The summed E-state index contributed by atoms with van der Waals surface area (Å²) in [5, 5.41) is 0. The summed E-state index contributed by atoms with van der Waals surface area (Å²) in [5.41, 5.74) is 15.7. The molecule has 2 aromatic rings. The van der Waals surface area contributed by atoms with Crippen LogP contribution in [0.4, 0.5) is 0 Å². The lowest BCUT2D eigenvalue weighted by atomic mass is 9.88. The van der Waals surface area contributed by atoms with Gasteiger partial charge < -0.3 is 22.2 Å². The summed E-state index contributed by atoms with van der Waals surface area (Å²) in [6.07, 6.45) is -0.616. The lowest BCUT2D eigenvalue weighted by molar-refractivity contribution is -0.129.